The van der Waals surface area contributed by atoms with Gasteiger partial charge in [-0.15, -0.1) is 0 Å². The Morgan fingerprint density at radius 1 is 0.833 bits per heavy atom. The minimum absolute atomic E-state index is 0.0906. The number of carbonyl (C=O) groups excluding carboxylic acids is 2. The number of para-hydroxylation sites is 1. The quantitative estimate of drug-likeness (QED) is 0.278. The molecule has 0 aromatic heterocycles. The van der Waals surface area contributed by atoms with Crippen LogP contribution in [-0.2, 0) is 4.79 Å². The summed E-state index contributed by atoms with van der Waals surface area (Å²) in [6.07, 6.45) is 1.71. The van der Waals surface area contributed by atoms with Gasteiger partial charge in [-0.2, -0.15) is 0 Å². The van der Waals surface area contributed by atoms with Crippen molar-refractivity contribution in [2.24, 2.45) is 0 Å². The fourth-order valence-corrected chi connectivity index (χ4v) is 4.66. The largest absolute Gasteiger partial charge is 0.496 e. The lowest BCUT2D eigenvalue weighted by Crippen LogP contribution is -2.22. The number of methoxy groups -OCH3 is 4. The molecular weight excluding hydrogens is 464 g/mol. The van der Waals surface area contributed by atoms with Gasteiger partial charge in [0.25, 0.3) is 0 Å². The zero-order valence-corrected chi connectivity index (χ0v) is 20.2. The van der Waals surface area contributed by atoms with Gasteiger partial charge in [0.1, 0.15) is 17.2 Å². The number of hydrogen-bond donors (Lipinski definition) is 0. The van der Waals surface area contributed by atoms with Crippen molar-refractivity contribution in [2.75, 3.05) is 28.4 Å². The molecule has 0 N–H and O–H groups in total. The Bertz CT molecular complexity index is 1380. The van der Waals surface area contributed by atoms with Crippen molar-refractivity contribution in [1.29, 1.82) is 0 Å². The van der Waals surface area contributed by atoms with E-state index in [1.165, 1.54) is 21.3 Å². The molecule has 3 aromatic rings. The van der Waals surface area contributed by atoms with Gasteiger partial charge in [0.2, 0.25) is 11.5 Å². The van der Waals surface area contributed by atoms with E-state index in [-0.39, 0.29) is 23.9 Å². The second-order valence-corrected chi connectivity index (χ2v) is 8.23. The zero-order valence-electron chi connectivity index (χ0n) is 20.2. The molecule has 0 spiro atoms. The Hall–Kier alpha value is -4.46. The molecular formula is C28H24O8. The van der Waals surface area contributed by atoms with Crippen LogP contribution in [0.25, 0.3) is 6.08 Å². The molecule has 184 valence electrons. The third kappa shape index (κ3) is 3.80. The van der Waals surface area contributed by atoms with Gasteiger partial charge >= 0.3 is 5.97 Å². The van der Waals surface area contributed by atoms with E-state index in [2.05, 4.69) is 0 Å². The molecule has 3 aromatic carbocycles. The number of fused-ring (bicyclic) bond motifs is 3. The topological polar surface area (TPSA) is 89.5 Å². The summed E-state index contributed by atoms with van der Waals surface area (Å²) >= 11 is 0. The highest BCUT2D eigenvalue weighted by atomic mass is 16.5. The van der Waals surface area contributed by atoms with Gasteiger partial charge in [0.05, 0.1) is 40.4 Å². The predicted molar refractivity (Wildman–Crippen MR) is 131 cm³/mol. The standard InChI is InChI=1S/C28H24O8/c1-31-19-8-6-5-7-16(19)18-14-24(29)35-20-10-9-17-26(30)21(36-27(17)25(18)20)11-15-12-22(32-2)28(34-4)23(13-15)33-3/h5-13,18H,14H2,1-4H3/b21-11-. The minimum Gasteiger partial charge on any atom is -0.496 e. The van der Waals surface area contributed by atoms with E-state index < -0.39 is 5.92 Å². The van der Waals surface area contributed by atoms with E-state index in [4.69, 9.17) is 28.4 Å². The average Bonchev–Trinajstić information content (AvgIpc) is 3.22. The highest BCUT2D eigenvalue weighted by Gasteiger charge is 2.39. The van der Waals surface area contributed by atoms with Crippen LogP contribution < -0.4 is 28.4 Å². The number of allylic oxidation sites excluding steroid dienone is 1. The third-order valence-electron chi connectivity index (χ3n) is 6.28. The number of ketones is 1. The summed E-state index contributed by atoms with van der Waals surface area (Å²) in [6.45, 7) is 0. The summed E-state index contributed by atoms with van der Waals surface area (Å²) < 4.78 is 33.4. The number of carbonyl (C=O) groups is 2. The number of hydrogen-bond acceptors (Lipinski definition) is 8. The molecule has 36 heavy (non-hydrogen) atoms. The molecule has 1 atom stereocenters. The number of ether oxygens (including phenoxy) is 6. The molecule has 5 rings (SSSR count). The van der Waals surface area contributed by atoms with Crippen LogP contribution in [0.5, 0.6) is 34.5 Å². The average molecular weight is 488 g/mol. The Kier molecular flexibility index (Phi) is 6.01. The molecule has 2 heterocycles. The van der Waals surface area contributed by atoms with E-state index >= 15 is 0 Å². The maximum absolute atomic E-state index is 13.3. The summed E-state index contributed by atoms with van der Waals surface area (Å²) in [5.74, 6) is 1.80. The van der Waals surface area contributed by atoms with Crippen LogP contribution in [0.15, 0.2) is 54.3 Å². The summed E-state index contributed by atoms with van der Waals surface area (Å²) in [5.41, 5.74) is 2.47. The third-order valence-corrected chi connectivity index (χ3v) is 6.28. The molecule has 1 unspecified atom stereocenters. The van der Waals surface area contributed by atoms with Crippen molar-refractivity contribution in [3.05, 3.63) is 76.5 Å². The lowest BCUT2D eigenvalue weighted by molar-refractivity contribution is -0.135. The van der Waals surface area contributed by atoms with Gasteiger partial charge in [0.15, 0.2) is 17.3 Å². The number of esters is 1. The molecule has 2 aliphatic heterocycles. The molecule has 0 saturated carbocycles. The first kappa shape index (κ1) is 23.3. The Morgan fingerprint density at radius 3 is 2.19 bits per heavy atom. The van der Waals surface area contributed by atoms with Gasteiger partial charge < -0.3 is 28.4 Å². The fraction of sp³-hybridized carbons (Fsp3) is 0.214. The summed E-state index contributed by atoms with van der Waals surface area (Å²) in [7, 11) is 6.14. The van der Waals surface area contributed by atoms with Crippen molar-refractivity contribution >= 4 is 17.8 Å². The maximum atomic E-state index is 13.3. The number of Topliss-reactive ketones (excluding diaryl/α,β-unsaturated/α-hetero) is 1. The van der Waals surface area contributed by atoms with Crippen molar-refractivity contribution in [1.82, 2.24) is 0 Å². The molecule has 0 fully saturated rings. The second-order valence-electron chi connectivity index (χ2n) is 8.23. The lowest BCUT2D eigenvalue weighted by Gasteiger charge is -2.27. The molecule has 0 bridgehead atoms. The summed E-state index contributed by atoms with van der Waals surface area (Å²) in [6, 6.07) is 14.2. The van der Waals surface area contributed by atoms with Crippen LogP contribution >= 0.6 is 0 Å². The molecule has 8 nitrogen and oxygen atoms in total. The minimum atomic E-state index is -0.402. The van der Waals surface area contributed by atoms with Gasteiger partial charge in [-0.25, -0.2) is 0 Å². The highest BCUT2D eigenvalue weighted by Crippen LogP contribution is 2.50. The predicted octanol–water partition coefficient (Wildman–Crippen LogP) is 4.78. The SMILES string of the molecule is COc1ccccc1C1CC(=O)Oc2ccc3c(c21)O/C(=C\c1cc(OC)c(OC)c(OC)c1)C3=O. The van der Waals surface area contributed by atoms with Gasteiger partial charge in [-0.3, -0.25) is 9.59 Å². The highest BCUT2D eigenvalue weighted by molar-refractivity contribution is 6.15. The Labute approximate surface area is 207 Å². The number of benzene rings is 3. The van der Waals surface area contributed by atoms with Crippen LogP contribution in [0.2, 0.25) is 0 Å². The first-order chi connectivity index (χ1) is 17.5. The molecule has 0 aliphatic carbocycles. The summed E-state index contributed by atoms with van der Waals surface area (Å²) in [5, 5.41) is 0. The monoisotopic (exact) mass is 488 g/mol. The molecule has 0 amide bonds. The lowest BCUT2D eigenvalue weighted by atomic mass is 9.84. The van der Waals surface area contributed by atoms with Crippen LogP contribution in [0.1, 0.15) is 39.4 Å². The molecule has 8 heteroatoms. The van der Waals surface area contributed by atoms with Crippen molar-refractivity contribution in [2.45, 2.75) is 12.3 Å². The van der Waals surface area contributed by atoms with Crippen molar-refractivity contribution in [3.8, 4) is 34.5 Å². The molecule has 0 saturated heterocycles. The van der Waals surface area contributed by atoms with Crippen LogP contribution in [0.4, 0.5) is 0 Å². The maximum Gasteiger partial charge on any atom is 0.312 e. The van der Waals surface area contributed by atoms with E-state index in [0.29, 0.717) is 51.2 Å². The first-order valence-electron chi connectivity index (χ1n) is 11.2. The molecule has 0 radical (unpaired) electrons. The Morgan fingerprint density at radius 2 is 1.53 bits per heavy atom. The van der Waals surface area contributed by atoms with Crippen molar-refractivity contribution < 1.29 is 38.0 Å². The number of rotatable bonds is 6. The summed E-state index contributed by atoms with van der Waals surface area (Å²) in [4.78, 5) is 25.8. The second kappa shape index (κ2) is 9.30. The van der Waals surface area contributed by atoms with Crippen LogP contribution in [-0.4, -0.2) is 40.2 Å². The molecule has 2 aliphatic rings. The Balaban J connectivity index is 1.61. The van der Waals surface area contributed by atoms with Crippen LogP contribution in [0.3, 0.4) is 0 Å². The smallest absolute Gasteiger partial charge is 0.312 e. The van der Waals surface area contributed by atoms with E-state index in [9.17, 15) is 9.59 Å². The van der Waals surface area contributed by atoms with E-state index in [0.717, 1.165) is 5.56 Å². The normalized spacial score (nSPS) is 17.1. The van der Waals surface area contributed by atoms with Gasteiger partial charge in [-0.1, -0.05) is 18.2 Å². The van der Waals surface area contributed by atoms with Crippen molar-refractivity contribution in [3.63, 3.8) is 0 Å². The van der Waals surface area contributed by atoms with Crippen LogP contribution in [0, 0.1) is 0 Å². The van der Waals surface area contributed by atoms with E-state index in [1.54, 1.807) is 37.5 Å². The van der Waals surface area contributed by atoms with E-state index in [1.807, 2.05) is 24.3 Å². The fourth-order valence-electron chi connectivity index (χ4n) is 4.66. The first-order valence-corrected chi connectivity index (χ1v) is 11.2. The zero-order chi connectivity index (χ0) is 25.4. The van der Waals surface area contributed by atoms with Gasteiger partial charge in [0, 0.05) is 17.0 Å². The van der Waals surface area contributed by atoms with Gasteiger partial charge in [-0.05, 0) is 42.0 Å².